The van der Waals surface area contributed by atoms with Crippen LogP contribution in [0.4, 0.5) is 0 Å². The van der Waals surface area contributed by atoms with Crippen molar-refractivity contribution in [1.29, 1.82) is 0 Å². The molecule has 1 aliphatic rings. The van der Waals surface area contributed by atoms with Gasteiger partial charge in [-0.2, -0.15) is 4.98 Å². The van der Waals surface area contributed by atoms with Crippen LogP contribution in [0.15, 0.2) is 4.52 Å². The smallest absolute Gasteiger partial charge is 0.290 e. The Labute approximate surface area is 95.4 Å². The van der Waals surface area contributed by atoms with Crippen molar-refractivity contribution in [1.82, 2.24) is 10.1 Å². The van der Waals surface area contributed by atoms with Gasteiger partial charge in [0.2, 0.25) is 6.29 Å². The van der Waals surface area contributed by atoms with E-state index >= 15 is 0 Å². The van der Waals surface area contributed by atoms with Gasteiger partial charge in [-0.3, -0.25) is 4.79 Å². The minimum Gasteiger partial charge on any atom is -0.331 e. The molecule has 0 saturated heterocycles. The van der Waals surface area contributed by atoms with E-state index in [1.54, 1.807) is 0 Å². The van der Waals surface area contributed by atoms with Gasteiger partial charge in [0.05, 0.1) is 0 Å². The van der Waals surface area contributed by atoms with E-state index in [0.717, 1.165) is 24.6 Å². The van der Waals surface area contributed by atoms with Gasteiger partial charge in [0.1, 0.15) is 0 Å². The summed E-state index contributed by atoms with van der Waals surface area (Å²) < 4.78 is 4.81. The third kappa shape index (κ3) is 2.49. The Bertz CT molecular complexity index is 341. The average molecular weight is 222 g/mol. The lowest BCUT2D eigenvalue weighted by atomic mass is 9.80. The van der Waals surface area contributed by atoms with E-state index in [1.807, 2.05) is 0 Å². The molecule has 1 saturated carbocycles. The van der Waals surface area contributed by atoms with Gasteiger partial charge >= 0.3 is 0 Å². The molecule has 1 aliphatic carbocycles. The summed E-state index contributed by atoms with van der Waals surface area (Å²) in [7, 11) is 0. The van der Waals surface area contributed by atoms with Crippen molar-refractivity contribution in [2.75, 3.05) is 0 Å². The first-order valence-corrected chi connectivity index (χ1v) is 6.12. The van der Waals surface area contributed by atoms with Crippen LogP contribution in [-0.4, -0.2) is 16.4 Å². The number of aromatic nitrogens is 2. The van der Waals surface area contributed by atoms with Crippen LogP contribution >= 0.6 is 0 Å². The molecule has 0 atom stereocenters. The van der Waals surface area contributed by atoms with E-state index in [0.29, 0.717) is 12.2 Å². The largest absolute Gasteiger partial charge is 0.331 e. The molecule has 0 bridgehead atoms. The van der Waals surface area contributed by atoms with Crippen LogP contribution in [0, 0.1) is 5.92 Å². The third-order valence-electron chi connectivity index (χ3n) is 3.47. The highest BCUT2D eigenvalue weighted by molar-refractivity contribution is 5.66. The van der Waals surface area contributed by atoms with Crippen LogP contribution in [-0.2, 0) is 0 Å². The Morgan fingerprint density at radius 3 is 2.69 bits per heavy atom. The zero-order valence-corrected chi connectivity index (χ0v) is 9.69. The maximum Gasteiger partial charge on any atom is 0.290 e. The molecule has 0 amide bonds. The summed E-state index contributed by atoms with van der Waals surface area (Å²) in [5, 5.41) is 3.86. The van der Waals surface area contributed by atoms with E-state index in [4.69, 9.17) is 4.52 Å². The number of carbonyl (C=O) groups excluding carboxylic acids is 1. The van der Waals surface area contributed by atoms with Crippen molar-refractivity contribution in [3.05, 3.63) is 11.7 Å². The number of rotatable bonds is 4. The summed E-state index contributed by atoms with van der Waals surface area (Å²) in [6.07, 6.45) is 7.97. The standard InChI is InChI=1S/C12H18N2O2/c1-2-3-9-4-6-10(7-5-9)12-13-11(8-15)16-14-12/h8-10H,2-7H2,1H3. The Morgan fingerprint density at radius 1 is 1.38 bits per heavy atom. The Morgan fingerprint density at radius 2 is 2.12 bits per heavy atom. The Kier molecular flexibility index (Phi) is 3.70. The summed E-state index contributed by atoms with van der Waals surface area (Å²) in [5.74, 6) is 2.09. The number of carbonyl (C=O) groups is 1. The van der Waals surface area contributed by atoms with Crippen LogP contribution in [0.2, 0.25) is 0 Å². The average Bonchev–Trinajstić information content (AvgIpc) is 2.79. The first kappa shape index (κ1) is 11.3. The predicted molar refractivity (Wildman–Crippen MR) is 59.3 cm³/mol. The van der Waals surface area contributed by atoms with Crippen molar-refractivity contribution in [2.45, 2.75) is 51.4 Å². The summed E-state index contributed by atoms with van der Waals surface area (Å²) in [6.45, 7) is 2.24. The molecule has 0 aromatic carbocycles. The quantitative estimate of drug-likeness (QED) is 0.735. The van der Waals surface area contributed by atoms with E-state index in [2.05, 4.69) is 17.1 Å². The monoisotopic (exact) mass is 222 g/mol. The molecule has 0 unspecified atom stereocenters. The highest BCUT2D eigenvalue weighted by atomic mass is 16.5. The van der Waals surface area contributed by atoms with Gasteiger partial charge in [0, 0.05) is 5.92 Å². The van der Waals surface area contributed by atoms with Gasteiger partial charge in [-0.1, -0.05) is 24.9 Å². The molecule has 0 aliphatic heterocycles. The number of nitrogens with zero attached hydrogens (tertiary/aromatic N) is 2. The summed E-state index contributed by atoms with van der Waals surface area (Å²) >= 11 is 0. The topological polar surface area (TPSA) is 56.0 Å². The minimum absolute atomic E-state index is 0.102. The van der Waals surface area contributed by atoms with Crippen molar-refractivity contribution >= 4 is 6.29 Å². The van der Waals surface area contributed by atoms with Gasteiger partial charge in [-0.15, -0.1) is 0 Å². The summed E-state index contributed by atoms with van der Waals surface area (Å²) in [4.78, 5) is 14.5. The fourth-order valence-electron chi connectivity index (χ4n) is 2.58. The maximum absolute atomic E-state index is 10.4. The van der Waals surface area contributed by atoms with Gasteiger partial charge in [-0.25, -0.2) is 0 Å². The lowest BCUT2D eigenvalue weighted by Crippen LogP contribution is -2.14. The van der Waals surface area contributed by atoms with Crippen LogP contribution < -0.4 is 0 Å². The Balaban J connectivity index is 1.91. The van der Waals surface area contributed by atoms with Crippen LogP contribution in [0.3, 0.4) is 0 Å². The molecule has 1 fully saturated rings. The van der Waals surface area contributed by atoms with E-state index < -0.39 is 0 Å². The second-order valence-electron chi connectivity index (χ2n) is 4.61. The third-order valence-corrected chi connectivity index (χ3v) is 3.47. The van der Waals surface area contributed by atoms with Crippen molar-refractivity contribution in [2.24, 2.45) is 5.92 Å². The molecular weight excluding hydrogens is 204 g/mol. The molecule has 0 N–H and O–H groups in total. The second kappa shape index (κ2) is 5.23. The van der Waals surface area contributed by atoms with Crippen molar-refractivity contribution in [3.8, 4) is 0 Å². The fraction of sp³-hybridized carbons (Fsp3) is 0.750. The molecule has 1 aromatic heterocycles. The van der Waals surface area contributed by atoms with Gasteiger partial charge in [-0.05, 0) is 31.6 Å². The van der Waals surface area contributed by atoms with Crippen molar-refractivity contribution in [3.63, 3.8) is 0 Å². The number of hydrogen-bond donors (Lipinski definition) is 0. The molecule has 1 aromatic rings. The highest BCUT2D eigenvalue weighted by Crippen LogP contribution is 2.36. The second-order valence-corrected chi connectivity index (χ2v) is 4.61. The minimum atomic E-state index is 0.102. The Hall–Kier alpha value is -1.19. The number of aldehydes is 1. The molecule has 1 heterocycles. The molecule has 16 heavy (non-hydrogen) atoms. The zero-order chi connectivity index (χ0) is 11.4. The van der Waals surface area contributed by atoms with E-state index in [9.17, 15) is 4.79 Å². The lowest BCUT2D eigenvalue weighted by molar-refractivity contribution is 0.108. The molecular formula is C12H18N2O2. The normalized spacial score (nSPS) is 25.6. The maximum atomic E-state index is 10.4. The molecule has 4 nitrogen and oxygen atoms in total. The molecule has 88 valence electrons. The molecule has 0 radical (unpaired) electrons. The van der Waals surface area contributed by atoms with Crippen molar-refractivity contribution < 1.29 is 9.32 Å². The van der Waals surface area contributed by atoms with Crippen LogP contribution in [0.25, 0.3) is 0 Å². The van der Waals surface area contributed by atoms with Gasteiger partial charge in [0.15, 0.2) is 5.82 Å². The van der Waals surface area contributed by atoms with E-state index in [1.165, 1.54) is 25.7 Å². The fourth-order valence-corrected chi connectivity index (χ4v) is 2.58. The first-order chi connectivity index (χ1) is 7.83. The SMILES string of the molecule is CCCC1CCC(c2noc(C=O)n2)CC1. The summed E-state index contributed by atoms with van der Waals surface area (Å²) in [6, 6.07) is 0. The predicted octanol–water partition coefficient (Wildman–Crippen LogP) is 2.96. The molecule has 4 heteroatoms. The number of hydrogen-bond acceptors (Lipinski definition) is 4. The molecule has 0 spiro atoms. The highest BCUT2D eigenvalue weighted by Gasteiger charge is 2.25. The van der Waals surface area contributed by atoms with Crippen LogP contribution in [0.5, 0.6) is 0 Å². The van der Waals surface area contributed by atoms with E-state index in [-0.39, 0.29) is 5.89 Å². The molecule has 2 rings (SSSR count). The first-order valence-electron chi connectivity index (χ1n) is 6.12. The zero-order valence-electron chi connectivity index (χ0n) is 9.69. The van der Waals surface area contributed by atoms with Crippen LogP contribution in [0.1, 0.15) is 67.9 Å². The summed E-state index contributed by atoms with van der Waals surface area (Å²) in [5.41, 5.74) is 0. The van der Waals surface area contributed by atoms with Gasteiger partial charge in [0.25, 0.3) is 5.89 Å². The van der Waals surface area contributed by atoms with Gasteiger partial charge < -0.3 is 4.52 Å². The lowest BCUT2D eigenvalue weighted by Gasteiger charge is -2.26.